The maximum atomic E-state index is 12.4. The summed E-state index contributed by atoms with van der Waals surface area (Å²) in [5.74, 6) is -0.339. The molecule has 1 aromatic heterocycles. The summed E-state index contributed by atoms with van der Waals surface area (Å²) in [7, 11) is 0. The van der Waals surface area contributed by atoms with Crippen LogP contribution in [0.5, 0.6) is 0 Å². The van der Waals surface area contributed by atoms with Crippen molar-refractivity contribution in [3.8, 4) is 11.1 Å². The van der Waals surface area contributed by atoms with Crippen molar-refractivity contribution in [2.75, 3.05) is 6.54 Å². The lowest BCUT2D eigenvalue weighted by Crippen LogP contribution is -2.34. The van der Waals surface area contributed by atoms with Gasteiger partial charge < -0.3 is 10.2 Å². The molecule has 7 heteroatoms. The number of oxime groups is 1. The summed E-state index contributed by atoms with van der Waals surface area (Å²) in [6, 6.07) is 21.2. The molecule has 3 aromatic rings. The van der Waals surface area contributed by atoms with Crippen LogP contribution in [-0.2, 0) is 11.4 Å². The molecule has 0 spiro atoms. The Balaban J connectivity index is 1.32. The summed E-state index contributed by atoms with van der Waals surface area (Å²) in [6.07, 6.45) is 1.13. The summed E-state index contributed by atoms with van der Waals surface area (Å²) in [5, 5.41) is 11.1. The first-order valence-corrected chi connectivity index (χ1v) is 10.4. The molecule has 1 aliphatic heterocycles. The lowest BCUT2D eigenvalue weighted by atomic mass is 10.00. The van der Waals surface area contributed by atoms with Gasteiger partial charge in [0.2, 0.25) is 0 Å². The molecule has 1 N–H and O–H groups in total. The fraction of sp³-hybridized carbons (Fsp3) is 0.250. The molecule has 0 saturated carbocycles. The third-order valence-electron chi connectivity index (χ3n) is 5.08. The first-order valence-electron chi connectivity index (χ1n) is 10.4. The Morgan fingerprint density at radius 1 is 1.03 bits per heavy atom. The van der Waals surface area contributed by atoms with E-state index in [0.29, 0.717) is 19.5 Å². The molecule has 158 valence electrons. The van der Waals surface area contributed by atoms with Crippen molar-refractivity contribution >= 4 is 11.6 Å². The van der Waals surface area contributed by atoms with Crippen LogP contribution >= 0.6 is 0 Å². The molecule has 1 aliphatic rings. The number of hydrogen-bond acceptors (Lipinski definition) is 5. The number of hydrogen-bond donors (Lipinski definition) is 1. The van der Waals surface area contributed by atoms with Gasteiger partial charge in [-0.15, -0.1) is 0 Å². The fourth-order valence-corrected chi connectivity index (χ4v) is 3.43. The van der Waals surface area contributed by atoms with Crippen molar-refractivity contribution in [3.05, 3.63) is 88.3 Å². The fourth-order valence-electron chi connectivity index (χ4n) is 3.43. The zero-order chi connectivity index (χ0) is 21.6. The SMILES string of the molecule is CCCn1nc(C(=O)NCC2CC(c3ccc(-c4ccccc4)cc3)=NO2)ccc1=O. The van der Waals surface area contributed by atoms with Gasteiger partial charge in [0.05, 0.1) is 12.3 Å². The minimum atomic E-state index is -0.339. The van der Waals surface area contributed by atoms with Crippen LogP contribution < -0.4 is 10.9 Å². The lowest BCUT2D eigenvalue weighted by Gasteiger charge is -2.10. The molecule has 1 atom stereocenters. The molecular weight excluding hydrogens is 392 g/mol. The van der Waals surface area contributed by atoms with E-state index in [1.165, 1.54) is 16.8 Å². The maximum absolute atomic E-state index is 12.4. The molecule has 0 fully saturated rings. The summed E-state index contributed by atoms with van der Waals surface area (Å²) in [4.78, 5) is 29.7. The molecular formula is C24H24N4O3. The smallest absolute Gasteiger partial charge is 0.271 e. The van der Waals surface area contributed by atoms with Gasteiger partial charge in [0, 0.05) is 19.0 Å². The van der Waals surface area contributed by atoms with E-state index in [0.717, 1.165) is 28.8 Å². The molecule has 4 rings (SSSR count). The Labute approximate surface area is 180 Å². The van der Waals surface area contributed by atoms with Crippen LogP contribution in [0.4, 0.5) is 0 Å². The number of carbonyl (C=O) groups excluding carboxylic acids is 1. The second kappa shape index (κ2) is 9.38. The molecule has 31 heavy (non-hydrogen) atoms. The van der Waals surface area contributed by atoms with Gasteiger partial charge in [-0.25, -0.2) is 4.68 Å². The van der Waals surface area contributed by atoms with Crippen molar-refractivity contribution in [3.63, 3.8) is 0 Å². The van der Waals surface area contributed by atoms with Crippen molar-refractivity contribution in [1.29, 1.82) is 0 Å². The molecule has 2 heterocycles. The number of amides is 1. The molecule has 1 unspecified atom stereocenters. The number of aryl methyl sites for hydroxylation is 1. The number of rotatable bonds is 7. The van der Waals surface area contributed by atoms with Gasteiger partial charge in [-0.05, 0) is 29.2 Å². The quantitative estimate of drug-likeness (QED) is 0.641. The van der Waals surface area contributed by atoms with Crippen molar-refractivity contribution in [1.82, 2.24) is 15.1 Å². The minimum Gasteiger partial charge on any atom is -0.390 e. The molecule has 0 saturated heterocycles. The van der Waals surface area contributed by atoms with Gasteiger partial charge in [0.1, 0.15) is 11.8 Å². The highest BCUT2D eigenvalue weighted by Gasteiger charge is 2.23. The van der Waals surface area contributed by atoms with Crippen LogP contribution in [0.3, 0.4) is 0 Å². The average Bonchev–Trinajstić information content (AvgIpc) is 3.29. The van der Waals surface area contributed by atoms with Crippen LogP contribution in [0, 0.1) is 0 Å². The zero-order valence-electron chi connectivity index (χ0n) is 17.3. The van der Waals surface area contributed by atoms with Gasteiger partial charge in [-0.3, -0.25) is 9.59 Å². The van der Waals surface area contributed by atoms with Gasteiger partial charge in [0.25, 0.3) is 11.5 Å². The molecule has 0 bridgehead atoms. The van der Waals surface area contributed by atoms with E-state index in [9.17, 15) is 9.59 Å². The summed E-state index contributed by atoms with van der Waals surface area (Å²) >= 11 is 0. The Hall–Kier alpha value is -3.74. The maximum Gasteiger partial charge on any atom is 0.271 e. The second-order valence-corrected chi connectivity index (χ2v) is 7.40. The van der Waals surface area contributed by atoms with E-state index >= 15 is 0 Å². The molecule has 0 aliphatic carbocycles. The Morgan fingerprint density at radius 3 is 2.48 bits per heavy atom. The van der Waals surface area contributed by atoms with E-state index in [1.807, 2.05) is 37.3 Å². The number of aromatic nitrogens is 2. The van der Waals surface area contributed by atoms with E-state index in [-0.39, 0.29) is 23.3 Å². The standard InChI is InChI=1S/C24H24N4O3/c1-2-14-28-23(29)13-12-21(26-28)24(30)25-16-20-15-22(27-31-20)19-10-8-18(9-11-19)17-6-4-3-5-7-17/h3-13,20H,2,14-16H2,1H3,(H,25,30). The summed E-state index contributed by atoms with van der Waals surface area (Å²) in [5.41, 5.74) is 4.16. The first kappa shape index (κ1) is 20.5. The monoisotopic (exact) mass is 416 g/mol. The normalized spacial score (nSPS) is 15.3. The van der Waals surface area contributed by atoms with E-state index in [1.54, 1.807) is 0 Å². The Kier molecular flexibility index (Phi) is 6.21. The van der Waals surface area contributed by atoms with Crippen molar-refractivity contribution in [2.45, 2.75) is 32.4 Å². The Morgan fingerprint density at radius 2 is 1.74 bits per heavy atom. The third-order valence-corrected chi connectivity index (χ3v) is 5.08. The van der Waals surface area contributed by atoms with Crippen LogP contribution in [0.2, 0.25) is 0 Å². The van der Waals surface area contributed by atoms with Crippen LogP contribution in [0.25, 0.3) is 11.1 Å². The largest absolute Gasteiger partial charge is 0.390 e. The number of nitrogens with one attached hydrogen (secondary N) is 1. The topological polar surface area (TPSA) is 85.6 Å². The third kappa shape index (κ3) is 4.88. The van der Waals surface area contributed by atoms with Crippen LogP contribution in [-0.4, -0.2) is 34.0 Å². The summed E-state index contributed by atoms with van der Waals surface area (Å²) < 4.78 is 1.31. The van der Waals surface area contributed by atoms with Gasteiger partial charge >= 0.3 is 0 Å². The predicted molar refractivity (Wildman–Crippen MR) is 119 cm³/mol. The van der Waals surface area contributed by atoms with Gasteiger partial charge in [-0.1, -0.05) is 66.7 Å². The highest BCUT2D eigenvalue weighted by atomic mass is 16.6. The minimum absolute atomic E-state index is 0.212. The predicted octanol–water partition coefficient (Wildman–Crippen LogP) is 3.24. The number of nitrogens with zero attached hydrogens (tertiary/aromatic N) is 3. The van der Waals surface area contributed by atoms with E-state index < -0.39 is 0 Å². The number of carbonyl (C=O) groups is 1. The van der Waals surface area contributed by atoms with Crippen LogP contribution in [0.15, 0.2) is 76.7 Å². The van der Waals surface area contributed by atoms with Gasteiger partial charge in [-0.2, -0.15) is 5.10 Å². The molecule has 7 nitrogen and oxygen atoms in total. The second-order valence-electron chi connectivity index (χ2n) is 7.40. The zero-order valence-corrected chi connectivity index (χ0v) is 17.3. The van der Waals surface area contributed by atoms with Crippen LogP contribution in [0.1, 0.15) is 35.8 Å². The van der Waals surface area contributed by atoms with Crippen molar-refractivity contribution < 1.29 is 9.63 Å². The first-order chi connectivity index (χ1) is 15.1. The average molecular weight is 416 g/mol. The molecule has 0 radical (unpaired) electrons. The van der Waals surface area contributed by atoms with Crippen molar-refractivity contribution in [2.24, 2.45) is 5.16 Å². The van der Waals surface area contributed by atoms with E-state index in [2.05, 4.69) is 39.8 Å². The summed E-state index contributed by atoms with van der Waals surface area (Å²) in [6.45, 7) is 2.74. The van der Waals surface area contributed by atoms with Gasteiger partial charge in [0.15, 0.2) is 0 Å². The van der Waals surface area contributed by atoms with E-state index in [4.69, 9.17) is 4.84 Å². The Bertz CT molecular complexity index is 1140. The highest BCUT2D eigenvalue weighted by molar-refractivity contribution is 6.01. The highest BCUT2D eigenvalue weighted by Crippen LogP contribution is 2.22. The molecule has 2 aromatic carbocycles. The lowest BCUT2D eigenvalue weighted by molar-refractivity contribution is 0.0750. The molecule has 1 amide bonds. The number of benzene rings is 2.